The molecular formula is C15H11BrF2O3. The number of benzene rings is 2. The van der Waals surface area contributed by atoms with E-state index in [1.54, 1.807) is 6.07 Å². The zero-order valence-electron chi connectivity index (χ0n) is 11.2. The van der Waals surface area contributed by atoms with Crippen LogP contribution in [0.3, 0.4) is 0 Å². The Bertz CT molecular complexity index is 702. The average Bonchev–Trinajstić information content (AvgIpc) is 2.49. The second kappa shape index (κ2) is 6.22. The van der Waals surface area contributed by atoms with Crippen LogP contribution in [0.4, 0.5) is 8.78 Å². The van der Waals surface area contributed by atoms with Crippen LogP contribution in [0.2, 0.25) is 0 Å². The molecule has 0 aliphatic carbocycles. The van der Waals surface area contributed by atoms with E-state index < -0.39 is 17.4 Å². The first-order chi connectivity index (χ1) is 9.97. The van der Waals surface area contributed by atoms with E-state index in [0.29, 0.717) is 5.75 Å². The minimum atomic E-state index is -0.821. The van der Waals surface area contributed by atoms with Crippen molar-refractivity contribution in [2.24, 2.45) is 0 Å². The van der Waals surface area contributed by atoms with Crippen LogP contribution in [0.5, 0.6) is 11.5 Å². The maximum atomic E-state index is 13.9. The maximum Gasteiger partial charge on any atom is 0.199 e. The highest BCUT2D eigenvalue weighted by Gasteiger charge is 2.21. The summed E-state index contributed by atoms with van der Waals surface area (Å²) in [6, 6.07) is 6.31. The Morgan fingerprint density at radius 3 is 2.33 bits per heavy atom. The molecule has 0 aromatic heterocycles. The lowest BCUT2D eigenvalue weighted by Gasteiger charge is -2.10. The van der Waals surface area contributed by atoms with E-state index in [9.17, 15) is 13.6 Å². The predicted octanol–water partition coefficient (Wildman–Crippen LogP) is 3.98. The molecule has 0 amide bonds. The number of halogens is 3. The van der Waals surface area contributed by atoms with Crippen LogP contribution in [0.1, 0.15) is 15.9 Å². The summed E-state index contributed by atoms with van der Waals surface area (Å²) in [6.07, 6.45) is 0. The number of carbonyl (C=O) groups is 1. The van der Waals surface area contributed by atoms with Crippen LogP contribution in [0.25, 0.3) is 0 Å². The van der Waals surface area contributed by atoms with E-state index in [0.717, 1.165) is 12.1 Å². The van der Waals surface area contributed by atoms with Crippen molar-refractivity contribution >= 4 is 21.7 Å². The van der Waals surface area contributed by atoms with Crippen molar-refractivity contribution in [2.45, 2.75) is 0 Å². The third kappa shape index (κ3) is 3.05. The van der Waals surface area contributed by atoms with E-state index in [-0.39, 0.29) is 21.3 Å². The highest BCUT2D eigenvalue weighted by atomic mass is 79.9. The number of carbonyl (C=O) groups excluding carboxylic acids is 1. The van der Waals surface area contributed by atoms with E-state index in [4.69, 9.17) is 9.47 Å². The Kier molecular flexibility index (Phi) is 4.57. The van der Waals surface area contributed by atoms with Gasteiger partial charge >= 0.3 is 0 Å². The SMILES string of the molecule is COc1ccc(OC)c(C(=O)c2cc(F)c(Br)cc2F)c1. The van der Waals surface area contributed by atoms with Gasteiger partial charge in [0.15, 0.2) is 5.78 Å². The predicted molar refractivity (Wildman–Crippen MR) is 77.0 cm³/mol. The van der Waals surface area contributed by atoms with E-state index in [1.807, 2.05) is 0 Å². The molecular weight excluding hydrogens is 346 g/mol. The molecule has 0 aliphatic rings. The van der Waals surface area contributed by atoms with Crippen LogP contribution in [-0.2, 0) is 0 Å². The number of ketones is 1. The fraction of sp³-hybridized carbons (Fsp3) is 0.133. The van der Waals surface area contributed by atoms with Gasteiger partial charge in [-0.1, -0.05) is 0 Å². The largest absolute Gasteiger partial charge is 0.497 e. The molecule has 0 saturated carbocycles. The number of hydrogen-bond acceptors (Lipinski definition) is 3. The lowest BCUT2D eigenvalue weighted by molar-refractivity contribution is 0.103. The first-order valence-corrected chi connectivity index (χ1v) is 6.68. The fourth-order valence-electron chi connectivity index (χ4n) is 1.83. The molecule has 0 atom stereocenters. The van der Waals surface area contributed by atoms with E-state index in [2.05, 4.69) is 15.9 Å². The van der Waals surface area contributed by atoms with E-state index in [1.165, 1.54) is 26.4 Å². The van der Waals surface area contributed by atoms with Crippen molar-refractivity contribution in [1.29, 1.82) is 0 Å². The number of methoxy groups -OCH3 is 2. The molecule has 110 valence electrons. The Morgan fingerprint density at radius 1 is 1.00 bits per heavy atom. The van der Waals surface area contributed by atoms with Gasteiger partial charge in [0.2, 0.25) is 0 Å². The third-order valence-electron chi connectivity index (χ3n) is 2.91. The number of ether oxygens (including phenoxy) is 2. The number of hydrogen-bond donors (Lipinski definition) is 0. The summed E-state index contributed by atoms with van der Waals surface area (Å²) in [5, 5.41) is 0. The molecule has 0 aliphatic heterocycles. The number of rotatable bonds is 4. The lowest BCUT2D eigenvalue weighted by Crippen LogP contribution is -2.07. The van der Waals surface area contributed by atoms with Gasteiger partial charge in [-0.3, -0.25) is 4.79 Å². The zero-order chi connectivity index (χ0) is 15.6. The van der Waals surface area contributed by atoms with Gasteiger partial charge < -0.3 is 9.47 Å². The average molecular weight is 357 g/mol. The summed E-state index contributed by atoms with van der Waals surface area (Å²) < 4.78 is 37.5. The third-order valence-corrected chi connectivity index (χ3v) is 3.51. The van der Waals surface area contributed by atoms with Crippen molar-refractivity contribution in [3.8, 4) is 11.5 Å². The Balaban J connectivity index is 2.56. The molecule has 2 aromatic carbocycles. The minimum absolute atomic E-state index is 0.0471. The fourth-order valence-corrected chi connectivity index (χ4v) is 2.15. The molecule has 6 heteroatoms. The normalized spacial score (nSPS) is 10.3. The quantitative estimate of drug-likeness (QED) is 0.614. The molecule has 0 heterocycles. The van der Waals surface area contributed by atoms with Gasteiger partial charge in [-0.15, -0.1) is 0 Å². The standard InChI is InChI=1S/C15H11BrF2O3/c1-20-8-3-4-14(21-2)10(5-8)15(19)9-6-13(18)11(16)7-12(9)17/h3-7H,1-2H3. The smallest absolute Gasteiger partial charge is 0.199 e. The summed E-state index contributed by atoms with van der Waals surface area (Å²) >= 11 is 2.87. The Labute approximate surface area is 128 Å². The molecule has 0 saturated heterocycles. The summed E-state index contributed by atoms with van der Waals surface area (Å²) in [4.78, 5) is 12.4. The summed E-state index contributed by atoms with van der Waals surface area (Å²) in [5.41, 5.74) is -0.278. The second-order valence-corrected chi connectivity index (χ2v) is 5.00. The van der Waals surface area contributed by atoms with Gasteiger partial charge in [0, 0.05) is 0 Å². The molecule has 0 spiro atoms. The van der Waals surface area contributed by atoms with Crippen LogP contribution in [-0.4, -0.2) is 20.0 Å². The molecule has 2 aromatic rings. The molecule has 2 rings (SSSR count). The van der Waals surface area contributed by atoms with Crippen molar-refractivity contribution in [1.82, 2.24) is 0 Å². The first-order valence-electron chi connectivity index (χ1n) is 5.89. The molecule has 0 fully saturated rings. The highest BCUT2D eigenvalue weighted by molar-refractivity contribution is 9.10. The second-order valence-electron chi connectivity index (χ2n) is 4.14. The van der Waals surface area contributed by atoms with Crippen molar-refractivity contribution in [2.75, 3.05) is 14.2 Å². The van der Waals surface area contributed by atoms with Gasteiger partial charge in [0.1, 0.15) is 23.1 Å². The monoisotopic (exact) mass is 356 g/mol. The molecule has 0 bridgehead atoms. The highest BCUT2D eigenvalue weighted by Crippen LogP contribution is 2.28. The Hall–Kier alpha value is -1.95. The van der Waals surface area contributed by atoms with Gasteiger partial charge in [-0.25, -0.2) is 8.78 Å². The van der Waals surface area contributed by atoms with Gasteiger partial charge in [0.25, 0.3) is 0 Å². The topological polar surface area (TPSA) is 35.5 Å². The summed E-state index contributed by atoms with van der Waals surface area (Å²) in [6.45, 7) is 0. The zero-order valence-corrected chi connectivity index (χ0v) is 12.8. The molecule has 21 heavy (non-hydrogen) atoms. The Morgan fingerprint density at radius 2 is 1.71 bits per heavy atom. The maximum absolute atomic E-state index is 13.9. The first kappa shape index (κ1) is 15.4. The summed E-state index contributed by atoms with van der Waals surface area (Å²) in [7, 11) is 2.83. The van der Waals surface area contributed by atoms with Crippen molar-refractivity contribution < 1.29 is 23.0 Å². The van der Waals surface area contributed by atoms with Crippen molar-refractivity contribution in [3.63, 3.8) is 0 Å². The molecule has 3 nitrogen and oxygen atoms in total. The summed E-state index contributed by atoms with van der Waals surface area (Å²) in [5.74, 6) is -1.56. The van der Waals surface area contributed by atoms with Gasteiger partial charge in [0.05, 0.1) is 29.8 Å². The van der Waals surface area contributed by atoms with Crippen LogP contribution >= 0.6 is 15.9 Å². The molecule has 0 N–H and O–H groups in total. The minimum Gasteiger partial charge on any atom is -0.497 e. The van der Waals surface area contributed by atoms with Crippen LogP contribution < -0.4 is 9.47 Å². The lowest BCUT2D eigenvalue weighted by atomic mass is 10.0. The van der Waals surface area contributed by atoms with Gasteiger partial charge in [-0.05, 0) is 46.3 Å². The van der Waals surface area contributed by atoms with Crippen molar-refractivity contribution in [3.05, 3.63) is 57.6 Å². The van der Waals surface area contributed by atoms with Crippen LogP contribution in [0.15, 0.2) is 34.8 Å². The van der Waals surface area contributed by atoms with Gasteiger partial charge in [-0.2, -0.15) is 0 Å². The molecule has 0 unspecified atom stereocenters. The van der Waals surface area contributed by atoms with Crippen LogP contribution in [0, 0.1) is 11.6 Å². The van der Waals surface area contributed by atoms with E-state index >= 15 is 0 Å². The molecule has 0 radical (unpaired) electrons.